The van der Waals surface area contributed by atoms with Gasteiger partial charge in [-0.05, 0) is 31.2 Å². The maximum Gasteiger partial charge on any atom is 0.265 e. The summed E-state index contributed by atoms with van der Waals surface area (Å²) in [5, 5.41) is 5.86. The van der Waals surface area contributed by atoms with Crippen LogP contribution in [-0.2, 0) is 14.8 Å². The minimum atomic E-state index is -3.68. The SMILES string of the molecule is CCN(c1ccccc1)S(=O)(=O)c1ccc(NCCNC(=O)C(C)C)nc1. The molecule has 0 saturated carbocycles. The van der Waals surface area contributed by atoms with Gasteiger partial charge in [0.25, 0.3) is 10.0 Å². The topological polar surface area (TPSA) is 91.4 Å². The molecule has 0 aliphatic heterocycles. The molecule has 146 valence electrons. The molecule has 0 aliphatic rings. The molecule has 8 heteroatoms. The molecular weight excluding hydrogens is 364 g/mol. The van der Waals surface area contributed by atoms with Crippen molar-refractivity contribution in [2.24, 2.45) is 5.92 Å². The second-order valence-corrected chi connectivity index (χ2v) is 8.12. The van der Waals surface area contributed by atoms with Crippen LogP contribution < -0.4 is 14.9 Å². The van der Waals surface area contributed by atoms with Crippen LogP contribution in [0.4, 0.5) is 11.5 Å². The summed E-state index contributed by atoms with van der Waals surface area (Å²) >= 11 is 0. The summed E-state index contributed by atoms with van der Waals surface area (Å²) < 4.78 is 27.1. The van der Waals surface area contributed by atoms with Crippen molar-refractivity contribution in [2.45, 2.75) is 25.7 Å². The zero-order valence-corrected chi connectivity index (χ0v) is 16.7. The van der Waals surface area contributed by atoms with E-state index in [1.165, 1.54) is 16.6 Å². The standard InChI is InChI=1S/C19H26N4O3S/c1-4-23(16-8-6-5-7-9-16)27(25,26)17-10-11-18(22-14-17)20-12-13-21-19(24)15(2)3/h5-11,14-15H,4,12-13H2,1-3H3,(H,20,22)(H,21,24). The van der Waals surface area contributed by atoms with Crippen molar-refractivity contribution in [3.05, 3.63) is 48.7 Å². The monoisotopic (exact) mass is 390 g/mol. The van der Waals surface area contributed by atoms with Gasteiger partial charge in [-0.1, -0.05) is 32.0 Å². The van der Waals surface area contributed by atoms with Gasteiger partial charge in [-0.3, -0.25) is 9.10 Å². The molecule has 0 saturated heterocycles. The molecule has 2 rings (SSSR count). The Labute approximate surface area is 160 Å². The number of benzene rings is 1. The number of carbonyl (C=O) groups excluding carboxylic acids is 1. The Bertz CT molecular complexity index is 837. The second kappa shape index (κ2) is 9.36. The van der Waals surface area contributed by atoms with E-state index < -0.39 is 10.0 Å². The van der Waals surface area contributed by atoms with E-state index in [-0.39, 0.29) is 16.7 Å². The Morgan fingerprint density at radius 1 is 1.11 bits per heavy atom. The molecule has 2 N–H and O–H groups in total. The summed E-state index contributed by atoms with van der Waals surface area (Å²) in [6, 6.07) is 12.1. The van der Waals surface area contributed by atoms with Crippen LogP contribution in [0.15, 0.2) is 53.6 Å². The zero-order chi connectivity index (χ0) is 19.9. The number of nitrogens with zero attached hydrogens (tertiary/aromatic N) is 2. The van der Waals surface area contributed by atoms with Crippen LogP contribution in [0, 0.1) is 5.92 Å². The van der Waals surface area contributed by atoms with E-state index in [1.807, 2.05) is 19.9 Å². The molecule has 27 heavy (non-hydrogen) atoms. The van der Waals surface area contributed by atoms with Gasteiger partial charge in [0.2, 0.25) is 5.91 Å². The first-order chi connectivity index (χ1) is 12.9. The largest absolute Gasteiger partial charge is 0.368 e. The molecule has 1 heterocycles. The second-order valence-electron chi connectivity index (χ2n) is 6.26. The minimum absolute atomic E-state index is 0.00762. The summed E-state index contributed by atoms with van der Waals surface area (Å²) in [5.74, 6) is 0.487. The summed E-state index contributed by atoms with van der Waals surface area (Å²) in [6.45, 7) is 6.75. The predicted molar refractivity (Wildman–Crippen MR) is 107 cm³/mol. The molecule has 7 nitrogen and oxygen atoms in total. The minimum Gasteiger partial charge on any atom is -0.368 e. The van der Waals surface area contributed by atoms with Crippen molar-refractivity contribution in [1.82, 2.24) is 10.3 Å². The lowest BCUT2D eigenvalue weighted by Crippen LogP contribution is -2.32. The van der Waals surface area contributed by atoms with E-state index in [2.05, 4.69) is 15.6 Å². The average molecular weight is 391 g/mol. The summed E-state index contributed by atoms with van der Waals surface area (Å²) in [7, 11) is -3.68. The van der Waals surface area contributed by atoms with Crippen LogP contribution >= 0.6 is 0 Å². The van der Waals surface area contributed by atoms with Gasteiger partial charge >= 0.3 is 0 Å². The maximum absolute atomic E-state index is 12.9. The molecular formula is C19H26N4O3S. The smallest absolute Gasteiger partial charge is 0.265 e. The van der Waals surface area contributed by atoms with Gasteiger partial charge in [-0.15, -0.1) is 0 Å². The Morgan fingerprint density at radius 2 is 1.81 bits per heavy atom. The molecule has 0 fully saturated rings. The van der Waals surface area contributed by atoms with Crippen LogP contribution in [-0.4, -0.2) is 38.9 Å². The van der Waals surface area contributed by atoms with Gasteiger partial charge in [-0.2, -0.15) is 0 Å². The number of para-hydroxylation sites is 1. The third kappa shape index (κ3) is 5.43. The lowest BCUT2D eigenvalue weighted by atomic mass is 10.2. The zero-order valence-electron chi connectivity index (χ0n) is 15.8. The Balaban J connectivity index is 2.02. The van der Waals surface area contributed by atoms with Gasteiger partial charge in [0.1, 0.15) is 10.7 Å². The van der Waals surface area contributed by atoms with E-state index >= 15 is 0 Å². The van der Waals surface area contributed by atoms with E-state index in [0.29, 0.717) is 31.1 Å². The predicted octanol–water partition coefficient (Wildman–Crippen LogP) is 2.48. The Kier molecular flexibility index (Phi) is 7.18. The molecule has 0 atom stereocenters. The lowest BCUT2D eigenvalue weighted by molar-refractivity contribution is -0.123. The number of pyridine rings is 1. The lowest BCUT2D eigenvalue weighted by Gasteiger charge is -2.22. The van der Waals surface area contributed by atoms with Crippen molar-refractivity contribution in [1.29, 1.82) is 0 Å². The van der Waals surface area contributed by atoms with Crippen LogP contribution in [0.2, 0.25) is 0 Å². The van der Waals surface area contributed by atoms with Crippen molar-refractivity contribution >= 4 is 27.4 Å². The molecule has 0 radical (unpaired) electrons. The normalized spacial score (nSPS) is 11.3. The first-order valence-electron chi connectivity index (χ1n) is 8.91. The first kappa shape index (κ1) is 20.7. The van der Waals surface area contributed by atoms with E-state index in [1.54, 1.807) is 37.3 Å². The number of hydrogen-bond donors (Lipinski definition) is 2. The third-order valence-corrected chi connectivity index (χ3v) is 5.80. The summed E-state index contributed by atoms with van der Waals surface area (Å²) in [4.78, 5) is 15.8. The Hall–Kier alpha value is -2.61. The van der Waals surface area contributed by atoms with Gasteiger partial charge in [0, 0.05) is 31.7 Å². The molecule has 1 amide bonds. The van der Waals surface area contributed by atoms with Crippen LogP contribution in [0.25, 0.3) is 0 Å². The fourth-order valence-corrected chi connectivity index (χ4v) is 3.85. The Morgan fingerprint density at radius 3 is 2.37 bits per heavy atom. The maximum atomic E-state index is 12.9. The van der Waals surface area contributed by atoms with Gasteiger partial charge in [0.15, 0.2) is 0 Å². The summed E-state index contributed by atoms with van der Waals surface area (Å²) in [5.41, 5.74) is 0.614. The third-order valence-electron chi connectivity index (χ3n) is 3.91. The quantitative estimate of drug-likeness (QED) is 0.642. The highest BCUT2D eigenvalue weighted by molar-refractivity contribution is 7.92. The number of rotatable bonds is 9. The van der Waals surface area contributed by atoms with Crippen molar-refractivity contribution in [3.63, 3.8) is 0 Å². The first-order valence-corrected chi connectivity index (χ1v) is 10.4. The molecule has 0 spiro atoms. The van der Waals surface area contributed by atoms with Gasteiger partial charge < -0.3 is 10.6 Å². The molecule has 1 aromatic heterocycles. The number of aromatic nitrogens is 1. The molecule has 0 unspecified atom stereocenters. The number of sulfonamides is 1. The number of carbonyl (C=O) groups is 1. The van der Waals surface area contributed by atoms with E-state index in [0.717, 1.165) is 0 Å². The fourth-order valence-electron chi connectivity index (χ4n) is 2.43. The molecule has 0 bridgehead atoms. The van der Waals surface area contributed by atoms with Gasteiger partial charge in [-0.25, -0.2) is 13.4 Å². The number of anilines is 2. The summed E-state index contributed by atoms with van der Waals surface area (Å²) in [6.07, 6.45) is 1.34. The number of amides is 1. The highest BCUT2D eigenvalue weighted by atomic mass is 32.2. The van der Waals surface area contributed by atoms with Crippen molar-refractivity contribution in [2.75, 3.05) is 29.3 Å². The van der Waals surface area contributed by atoms with E-state index in [9.17, 15) is 13.2 Å². The van der Waals surface area contributed by atoms with Crippen molar-refractivity contribution in [3.8, 4) is 0 Å². The fraction of sp³-hybridized carbons (Fsp3) is 0.368. The highest BCUT2D eigenvalue weighted by Crippen LogP contribution is 2.23. The van der Waals surface area contributed by atoms with Crippen LogP contribution in [0.3, 0.4) is 0 Å². The van der Waals surface area contributed by atoms with Crippen LogP contribution in [0.1, 0.15) is 20.8 Å². The van der Waals surface area contributed by atoms with Crippen LogP contribution in [0.5, 0.6) is 0 Å². The molecule has 1 aromatic carbocycles. The molecule has 0 aliphatic carbocycles. The number of nitrogens with one attached hydrogen (secondary N) is 2. The highest BCUT2D eigenvalue weighted by Gasteiger charge is 2.23. The number of hydrogen-bond acceptors (Lipinski definition) is 5. The molecule has 2 aromatic rings. The van der Waals surface area contributed by atoms with E-state index in [4.69, 9.17) is 0 Å². The van der Waals surface area contributed by atoms with Crippen molar-refractivity contribution < 1.29 is 13.2 Å². The van der Waals surface area contributed by atoms with Gasteiger partial charge in [0.05, 0.1) is 5.69 Å². The average Bonchev–Trinajstić information content (AvgIpc) is 2.66.